The summed E-state index contributed by atoms with van der Waals surface area (Å²) in [4.78, 5) is 36.2. The van der Waals surface area contributed by atoms with Crippen molar-refractivity contribution in [3.63, 3.8) is 0 Å². The molecule has 2 atom stereocenters. The third-order valence-electron chi connectivity index (χ3n) is 3.80. The largest absolute Gasteiger partial charge is 0.469 e. The molecule has 0 unspecified atom stereocenters. The molecule has 8 nitrogen and oxygen atoms in total. The van der Waals surface area contributed by atoms with Gasteiger partial charge in [0.2, 0.25) is 5.91 Å². The first-order valence-electron chi connectivity index (χ1n) is 7.40. The normalized spacial score (nSPS) is 22.0. The van der Waals surface area contributed by atoms with Gasteiger partial charge < -0.3 is 14.8 Å². The fourth-order valence-corrected chi connectivity index (χ4v) is 2.54. The summed E-state index contributed by atoms with van der Waals surface area (Å²) in [5.41, 5.74) is -0.913. The summed E-state index contributed by atoms with van der Waals surface area (Å²) in [7, 11) is 2.44. The summed E-state index contributed by atoms with van der Waals surface area (Å²) >= 11 is 0. The number of methoxy groups -OCH3 is 2. The van der Waals surface area contributed by atoms with Crippen LogP contribution in [-0.2, 0) is 30.3 Å². The Labute approximate surface area is 139 Å². The molecule has 24 heavy (non-hydrogen) atoms. The molecule has 0 saturated heterocycles. The topological polar surface area (TPSA) is 106 Å². The standard InChI is InChI=1S/C16H19N3O5/c1-23-14(21)9-12-10-17-19-16(12,15(22)24-2)18-13(20)8-11-6-4-3-5-7-11/h3-7,12H,8-10H2,1-2H3,(H,18,20)/t12-,16-/m1/s1. The lowest BCUT2D eigenvalue weighted by atomic mass is 9.90. The fraction of sp³-hybridized carbons (Fsp3) is 0.438. The van der Waals surface area contributed by atoms with Crippen LogP contribution < -0.4 is 5.32 Å². The molecular formula is C16H19N3O5. The van der Waals surface area contributed by atoms with Crippen molar-refractivity contribution in [1.82, 2.24) is 5.32 Å². The highest BCUT2D eigenvalue weighted by Crippen LogP contribution is 2.31. The number of azo groups is 1. The van der Waals surface area contributed by atoms with Crippen LogP contribution in [0.3, 0.4) is 0 Å². The third-order valence-corrected chi connectivity index (χ3v) is 3.80. The number of hydrogen-bond donors (Lipinski definition) is 1. The van der Waals surface area contributed by atoms with Crippen molar-refractivity contribution in [2.45, 2.75) is 18.5 Å². The molecule has 0 spiro atoms. The summed E-state index contributed by atoms with van der Waals surface area (Å²) in [6.45, 7) is 0.121. The van der Waals surface area contributed by atoms with Crippen LogP contribution in [0, 0.1) is 5.92 Å². The van der Waals surface area contributed by atoms with Crippen LogP contribution >= 0.6 is 0 Å². The maximum absolute atomic E-state index is 12.4. The number of ether oxygens (including phenoxy) is 2. The second-order valence-corrected chi connectivity index (χ2v) is 5.37. The summed E-state index contributed by atoms with van der Waals surface area (Å²) in [6, 6.07) is 9.07. The van der Waals surface area contributed by atoms with Crippen molar-refractivity contribution in [1.29, 1.82) is 0 Å². The van der Waals surface area contributed by atoms with E-state index in [4.69, 9.17) is 4.74 Å². The molecule has 0 fully saturated rings. The van der Waals surface area contributed by atoms with Gasteiger partial charge in [0.15, 0.2) is 0 Å². The Kier molecular flexibility index (Phi) is 5.62. The Hall–Kier alpha value is -2.77. The molecule has 0 aliphatic carbocycles. The van der Waals surface area contributed by atoms with E-state index in [0.717, 1.165) is 5.56 Å². The lowest BCUT2D eigenvalue weighted by Crippen LogP contribution is -2.58. The molecule has 1 heterocycles. The zero-order chi connectivity index (χ0) is 17.6. The minimum absolute atomic E-state index is 0.0695. The van der Waals surface area contributed by atoms with Crippen molar-refractivity contribution in [3.05, 3.63) is 35.9 Å². The molecule has 0 saturated carbocycles. The van der Waals surface area contributed by atoms with Gasteiger partial charge in [0.1, 0.15) is 0 Å². The van der Waals surface area contributed by atoms with Gasteiger partial charge in [-0.05, 0) is 5.56 Å². The van der Waals surface area contributed by atoms with E-state index in [1.807, 2.05) is 18.2 Å². The van der Waals surface area contributed by atoms with E-state index in [1.165, 1.54) is 14.2 Å². The average molecular weight is 333 g/mol. The van der Waals surface area contributed by atoms with Crippen molar-refractivity contribution >= 4 is 17.8 Å². The van der Waals surface area contributed by atoms with Gasteiger partial charge in [0, 0.05) is 5.92 Å². The molecule has 0 radical (unpaired) electrons. The summed E-state index contributed by atoms with van der Waals surface area (Å²) in [5, 5.41) is 10.3. The molecule has 1 aliphatic heterocycles. The number of nitrogens with zero attached hydrogens (tertiary/aromatic N) is 2. The second kappa shape index (κ2) is 7.67. The highest BCUT2D eigenvalue weighted by atomic mass is 16.5. The van der Waals surface area contributed by atoms with Gasteiger partial charge in [-0.15, -0.1) is 0 Å². The van der Waals surface area contributed by atoms with E-state index in [1.54, 1.807) is 12.1 Å². The van der Waals surface area contributed by atoms with Crippen molar-refractivity contribution < 1.29 is 23.9 Å². The zero-order valence-electron chi connectivity index (χ0n) is 13.5. The molecule has 1 N–H and O–H groups in total. The van der Waals surface area contributed by atoms with Crippen LogP contribution in [0.5, 0.6) is 0 Å². The van der Waals surface area contributed by atoms with Crippen LogP contribution in [0.1, 0.15) is 12.0 Å². The van der Waals surface area contributed by atoms with E-state index >= 15 is 0 Å². The van der Waals surface area contributed by atoms with Crippen LogP contribution in [0.4, 0.5) is 0 Å². The molecule has 1 aromatic rings. The SMILES string of the molecule is COC(=O)C[C@@H]1CN=N[C@@]1(NC(=O)Cc1ccccc1)C(=O)OC. The predicted octanol–water partition coefficient (Wildman–Crippen LogP) is 0.860. The number of carbonyl (C=O) groups excluding carboxylic acids is 3. The highest BCUT2D eigenvalue weighted by molar-refractivity contribution is 5.89. The summed E-state index contributed by atoms with van der Waals surface area (Å²) in [5.74, 6) is -2.35. The molecule has 1 aliphatic rings. The number of carbonyl (C=O) groups is 3. The van der Waals surface area contributed by atoms with Crippen LogP contribution in [0.2, 0.25) is 0 Å². The van der Waals surface area contributed by atoms with Crippen LogP contribution in [0.25, 0.3) is 0 Å². The van der Waals surface area contributed by atoms with Gasteiger partial charge in [-0.1, -0.05) is 30.3 Å². The Bertz CT molecular complexity index is 646. The Morgan fingerprint density at radius 3 is 2.54 bits per heavy atom. The molecule has 2 rings (SSSR count). The van der Waals surface area contributed by atoms with Gasteiger partial charge in [-0.25, -0.2) is 4.79 Å². The monoisotopic (exact) mass is 333 g/mol. The van der Waals surface area contributed by atoms with E-state index in [0.29, 0.717) is 0 Å². The molecule has 8 heteroatoms. The van der Waals surface area contributed by atoms with Crippen LogP contribution in [-0.4, -0.2) is 44.3 Å². The lowest BCUT2D eigenvalue weighted by molar-refractivity contribution is -0.154. The van der Waals surface area contributed by atoms with Gasteiger partial charge in [-0.2, -0.15) is 10.2 Å². The first kappa shape index (κ1) is 17.6. The third kappa shape index (κ3) is 3.76. The van der Waals surface area contributed by atoms with Gasteiger partial charge >= 0.3 is 11.9 Å². The Morgan fingerprint density at radius 2 is 1.92 bits per heavy atom. The Balaban J connectivity index is 2.18. The highest BCUT2D eigenvalue weighted by Gasteiger charge is 2.52. The van der Waals surface area contributed by atoms with E-state index < -0.39 is 29.4 Å². The zero-order valence-corrected chi connectivity index (χ0v) is 13.5. The van der Waals surface area contributed by atoms with Gasteiger partial charge in [-0.3, -0.25) is 9.59 Å². The summed E-state index contributed by atoms with van der Waals surface area (Å²) < 4.78 is 9.41. The number of benzene rings is 1. The molecule has 128 valence electrons. The minimum Gasteiger partial charge on any atom is -0.469 e. The van der Waals surface area contributed by atoms with E-state index in [-0.39, 0.29) is 19.4 Å². The number of esters is 2. The first-order valence-corrected chi connectivity index (χ1v) is 7.40. The quantitative estimate of drug-likeness (QED) is 0.777. The van der Waals surface area contributed by atoms with E-state index in [9.17, 15) is 14.4 Å². The smallest absolute Gasteiger partial charge is 0.356 e. The summed E-state index contributed by atoms with van der Waals surface area (Å²) in [6.07, 6.45) is -0.0374. The number of amides is 1. The van der Waals surface area contributed by atoms with Crippen LogP contribution in [0.15, 0.2) is 40.6 Å². The molecular weight excluding hydrogens is 314 g/mol. The van der Waals surface area contributed by atoms with Crippen molar-refractivity contribution in [2.75, 3.05) is 20.8 Å². The van der Waals surface area contributed by atoms with Crippen molar-refractivity contribution in [2.24, 2.45) is 16.1 Å². The van der Waals surface area contributed by atoms with Crippen molar-refractivity contribution in [3.8, 4) is 0 Å². The average Bonchev–Trinajstić information content (AvgIpc) is 2.98. The fourth-order valence-electron chi connectivity index (χ4n) is 2.54. The lowest BCUT2D eigenvalue weighted by Gasteiger charge is -2.29. The van der Waals surface area contributed by atoms with Gasteiger partial charge in [0.05, 0.1) is 33.6 Å². The maximum Gasteiger partial charge on any atom is 0.356 e. The molecule has 1 amide bonds. The number of rotatable bonds is 6. The van der Waals surface area contributed by atoms with Gasteiger partial charge in [0.25, 0.3) is 5.66 Å². The minimum atomic E-state index is -1.70. The first-order chi connectivity index (χ1) is 11.5. The molecule has 1 aromatic carbocycles. The molecule has 0 aromatic heterocycles. The second-order valence-electron chi connectivity index (χ2n) is 5.37. The molecule has 0 bridgehead atoms. The Morgan fingerprint density at radius 1 is 1.21 bits per heavy atom. The predicted molar refractivity (Wildman–Crippen MR) is 82.9 cm³/mol. The number of hydrogen-bond acceptors (Lipinski definition) is 7. The van der Waals surface area contributed by atoms with E-state index in [2.05, 4.69) is 20.3 Å². The number of nitrogens with one attached hydrogen (secondary N) is 1. The maximum atomic E-state index is 12.4.